The Labute approximate surface area is 69.5 Å². The number of hydrogen-bond acceptors (Lipinski definition) is 3. The summed E-state index contributed by atoms with van der Waals surface area (Å²) in [6.07, 6.45) is 1.43. The zero-order valence-electron chi connectivity index (χ0n) is 6.10. The molecule has 2 N–H and O–H groups in total. The summed E-state index contributed by atoms with van der Waals surface area (Å²) in [6, 6.07) is 0. The fourth-order valence-corrected chi connectivity index (χ4v) is 1.85. The summed E-state index contributed by atoms with van der Waals surface area (Å²) < 4.78 is 29.6. The SMILES string of the molecule is O=C(O)C1=CC(S(=O)(=O)O)CC1. The van der Waals surface area contributed by atoms with E-state index in [4.69, 9.17) is 9.66 Å². The predicted molar refractivity (Wildman–Crippen MR) is 40.3 cm³/mol. The molecule has 1 aliphatic carbocycles. The van der Waals surface area contributed by atoms with Gasteiger partial charge < -0.3 is 5.11 Å². The van der Waals surface area contributed by atoms with Gasteiger partial charge in [0.05, 0.1) is 0 Å². The van der Waals surface area contributed by atoms with Gasteiger partial charge in [0.15, 0.2) is 0 Å². The minimum absolute atomic E-state index is 0.0534. The first-order valence-corrected chi connectivity index (χ1v) is 4.82. The van der Waals surface area contributed by atoms with Crippen LogP contribution in [-0.4, -0.2) is 29.3 Å². The molecule has 0 saturated heterocycles. The molecule has 0 amide bonds. The van der Waals surface area contributed by atoms with Crippen LogP contribution < -0.4 is 0 Å². The van der Waals surface area contributed by atoms with Crippen LogP contribution in [0.25, 0.3) is 0 Å². The molecule has 1 atom stereocenters. The van der Waals surface area contributed by atoms with Gasteiger partial charge in [-0.15, -0.1) is 0 Å². The van der Waals surface area contributed by atoms with Crippen LogP contribution >= 0.6 is 0 Å². The van der Waals surface area contributed by atoms with Crippen molar-refractivity contribution < 1.29 is 22.9 Å². The van der Waals surface area contributed by atoms with Gasteiger partial charge in [0, 0.05) is 5.57 Å². The van der Waals surface area contributed by atoms with Crippen molar-refractivity contribution in [2.75, 3.05) is 0 Å². The summed E-state index contributed by atoms with van der Waals surface area (Å²) in [7, 11) is -4.11. The van der Waals surface area contributed by atoms with Gasteiger partial charge in [-0.05, 0) is 12.8 Å². The molecule has 0 heterocycles. The summed E-state index contributed by atoms with van der Waals surface area (Å²) in [5.41, 5.74) is 0.0534. The number of rotatable bonds is 2. The third-order valence-corrected chi connectivity index (χ3v) is 2.88. The fourth-order valence-electron chi connectivity index (χ4n) is 1.10. The molecule has 12 heavy (non-hydrogen) atoms. The summed E-state index contributed by atoms with van der Waals surface area (Å²) in [6.45, 7) is 0. The first-order chi connectivity index (χ1) is 5.41. The molecule has 1 rings (SSSR count). The lowest BCUT2D eigenvalue weighted by molar-refractivity contribution is -0.132. The Morgan fingerprint density at radius 3 is 2.42 bits per heavy atom. The molecule has 1 aliphatic rings. The standard InChI is InChI=1S/C6H8O5S/c7-6(8)4-1-2-5(3-4)12(9,10)11/h3,5H,1-2H2,(H,7,8)(H,9,10,11). The Balaban J connectivity index is 2.86. The number of hydrogen-bond donors (Lipinski definition) is 2. The molecule has 0 aromatic rings. The van der Waals surface area contributed by atoms with Gasteiger partial charge in [-0.25, -0.2) is 4.79 Å². The largest absolute Gasteiger partial charge is 0.478 e. The lowest BCUT2D eigenvalue weighted by atomic mass is 10.2. The van der Waals surface area contributed by atoms with Gasteiger partial charge in [0.2, 0.25) is 0 Å². The van der Waals surface area contributed by atoms with E-state index in [1.807, 2.05) is 0 Å². The average Bonchev–Trinajstić information content (AvgIpc) is 2.30. The smallest absolute Gasteiger partial charge is 0.331 e. The van der Waals surface area contributed by atoms with E-state index in [1.54, 1.807) is 0 Å². The number of aliphatic carboxylic acids is 1. The van der Waals surface area contributed by atoms with Crippen LogP contribution in [0.3, 0.4) is 0 Å². The molecule has 0 saturated carbocycles. The van der Waals surface area contributed by atoms with Crippen molar-refractivity contribution in [2.45, 2.75) is 18.1 Å². The topological polar surface area (TPSA) is 91.7 Å². The molecule has 0 aromatic carbocycles. The van der Waals surface area contributed by atoms with Crippen LogP contribution in [0.4, 0.5) is 0 Å². The Bertz CT molecular complexity index is 326. The molecule has 0 aromatic heterocycles. The average molecular weight is 192 g/mol. The fraction of sp³-hybridized carbons (Fsp3) is 0.500. The van der Waals surface area contributed by atoms with Gasteiger partial charge in [-0.2, -0.15) is 8.42 Å². The van der Waals surface area contributed by atoms with Gasteiger partial charge >= 0.3 is 5.97 Å². The number of carboxylic acid groups (broad SMARTS) is 1. The van der Waals surface area contributed by atoms with Crippen molar-refractivity contribution in [3.63, 3.8) is 0 Å². The van der Waals surface area contributed by atoms with Crippen molar-refractivity contribution in [1.82, 2.24) is 0 Å². The second kappa shape index (κ2) is 2.87. The Morgan fingerprint density at radius 1 is 1.58 bits per heavy atom. The highest BCUT2D eigenvalue weighted by Gasteiger charge is 2.28. The summed E-state index contributed by atoms with van der Waals surface area (Å²) in [5, 5.41) is 7.41. The van der Waals surface area contributed by atoms with Crippen molar-refractivity contribution in [3.05, 3.63) is 11.6 Å². The zero-order chi connectivity index (χ0) is 9.35. The highest BCUT2D eigenvalue weighted by Crippen LogP contribution is 2.23. The van der Waals surface area contributed by atoms with Gasteiger partial charge in [0.25, 0.3) is 10.1 Å². The van der Waals surface area contributed by atoms with Crippen LogP contribution in [-0.2, 0) is 14.9 Å². The molecular weight excluding hydrogens is 184 g/mol. The van der Waals surface area contributed by atoms with Crippen molar-refractivity contribution in [1.29, 1.82) is 0 Å². The Morgan fingerprint density at radius 2 is 2.17 bits per heavy atom. The lowest BCUT2D eigenvalue weighted by Gasteiger charge is -1.99. The van der Waals surface area contributed by atoms with E-state index in [0.717, 1.165) is 6.08 Å². The molecule has 0 aliphatic heterocycles. The third-order valence-electron chi connectivity index (χ3n) is 1.74. The van der Waals surface area contributed by atoms with Crippen LogP contribution in [0.2, 0.25) is 0 Å². The monoisotopic (exact) mass is 192 g/mol. The minimum atomic E-state index is -4.11. The highest BCUT2D eigenvalue weighted by atomic mass is 32.2. The van der Waals surface area contributed by atoms with Crippen molar-refractivity contribution in [3.8, 4) is 0 Å². The van der Waals surface area contributed by atoms with E-state index in [1.165, 1.54) is 0 Å². The molecule has 0 fully saturated rings. The molecule has 68 valence electrons. The summed E-state index contributed by atoms with van der Waals surface area (Å²) in [4.78, 5) is 10.3. The minimum Gasteiger partial charge on any atom is -0.478 e. The summed E-state index contributed by atoms with van der Waals surface area (Å²) >= 11 is 0. The molecule has 5 nitrogen and oxygen atoms in total. The first-order valence-electron chi connectivity index (χ1n) is 3.31. The van der Waals surface area contributed by atoms with E-state index < -0.39 is 21.3 Å². The molecule has 6 heteroatoms. The van der Waals surface area contributed by atoms with Gasteiger partial charge in [0.1, 0.15) is 5.25 Å². The molecule has 1 unspecified atom stereocenters. The summed E-state index contributed by atoms with van der Waals surface area (Å²) in [5.74, 6) is -1.12. The van der Waals surface area contributed by atoms with E-state index in [-0.39, 0.29) is 18.4 Å². The number of carbonyl (C=O) groups is 1. The Kier molecular flexibility index (Phi) is 2.20. The molecular formula is C6H8O5S. The Hall–Kier alpha value is -0.880. The molecule has 0 bridgehead atoms. The second-order valence-electron chi connectivity index (χ2n) is 2.59. The maximum absolute atomic E-state index is 10.5. The van der Waals surface area contributed by atoms with E-state index in [0.29, 0.717) is 0 Å². The van der Waals surface area contributed by atoms with E-state index in [9.17, 15) is 13.2 Å². The maximum Gasteiger partial charge on any atom is 0.331 e. The van der Waals surface area contributed by atoms with Crippen LogP contribution in [0.5, 0.6) is 0 Å². The van der Waals surface area contributed by atoms with E-state index in [2.05, 4.69) is 0 Å². The maximum atomic E-state index is 10.5. The predicted octanol–water partition coefficient (Wildman–Crippen LogP) is 0.0476. The third kappa shape index (κ3) is 1.83. The zero-order valence-corrected chi connectivity index (χ0v) is 6.91. The first kappa shape index (κ1) is 9.21. The van der Waals surface area contributed by atoms with Gasteiger partial charge in [-0.1, -0.05) is 6.08 Å². The second-order valence-corrected chi connectivity index (χ2v) is 4.22. The normalized spacial score (nSPS) is 23.8. The van der Waals surface area contributed by atoms with Gasteiger partial charge in [-0.3, -0.25) is 4.55 Å². The van der Waals surface area contributed by atoms with Crippen LogP contribution in [0.1, 0.15) is 12.8 Å². The molecule has 0 radical (unpaired) electrons. The lowest BCUT2D eigenvalue weighted by Crippen LogP contribution is -2.14. The quantitative estimate of drug-likeness (QED) is 0.603. The van der Waals surface area contributed by atoms with E-state index >= 15 is 0 Å². The van der Waals surface area contributed by atoms with Crippen LogP contribution in [0.15, 0.2) is 11.6 Å². The van der Waals surface area contributed by atoms with Crippen molar-refractivity contribution >= 4 is 16.1 Å². The number of carboxylic acids is 1. The van der Waals surface area contributed by atoms with Crippen LogP contribution in [0, 0.1) is 0 Å². The van der Waals surface area contributed by atoms with Crippen molar-refractivity contribution in [2.24, 2.45) is 0 Å². The highest BCUT2D eigenvalue weighted by molar-refractivity contribution is 7.86. The molecule has 0 spiro atoms.